The van der Waals surface area contributed by atoms with Gasteiger partial charge in [0.05, 0.1) is 98.0 Å². The highest BCUT2D eigenvalue weighted by molar-refractivity contribution is 8.47. The van der Waals surface area contributed by atoms with E-state index in [9.17, 15) is 0 Å². The molecule has 16 rings (SSSR count). The Morgan fingerprint density at radius 1 is 0.281 bits per heavy atom. The molecule has 0 radical (unpaired) electrons. The molecule has 502 valence electrons. The smallest absolute Gasteiger partial charge is 0.127 e. The van der Waals surface area contributed by atoms with E-state index in [1.807, 2.05) is 329 Å². The van der Waals surface area contributed by atoms with Crippen molar-refractivity contribution in [3.63, 3.8) is 0 Å². The van der Waals surface area contributed by atoms with Crippen LogP contribution < -0.4 is 9.47 Å². The molecule has 0 fully saturated rings. The zero-order valence-electron chi connectivity index (χ0n) is 50.9. The number of rotatable bonds is 25. The van der Waals surface area contributed by atoms with Gasteiger partial charge in [0.15, 0.2) is 0 Å². The van der Waals surface area contributed by atoms with E-state index in [-0.39, 0.29) is 0 Å². The van der Waals surface area contributed by atoms with Crippen LogP contribution >= 0.6 is 329 Å². The topological polar surface area (TPSA) is 18.5 Å². The second kappa shape index (κ2) is 36.9. The van der Waals surface area contributed by atoms with Crippen LogP contribution in [0.5, 0.6) is 11.5 Å². The number of fused-ring (bicyclic) bond motifs is 2. The molecule has 2 nitrogen and oxygen atoms in total. The molecule has 12 aliphatic rings. The van der Waals surface area contributed by atoms with Crippen molar-refractivity contribution in [2.24, 2.45) is 0 Å². The average Bonchev–Trinajstić information content (AvgIpc) is 1.03. The molecule has 0 N–H and O–H groups in total. The summed E-state index contributed by atoms with van der Waals surface area (Å²) in [5.74, 6) is 15.9. The number of hydrogen-bond acceptors (Lipinski definition) is 30. The first-order valence-electron chi connectivity index (χ1n) is 31.0. The minimum absolute atomic E-state index is 0.679. The maximum absolute atomic E-state index is 7.11. The maximum Gasteiger partial charge on any atom is 0.127 e. The Morgan fingerprint density at radius 3 is 0.906 bits per heavy atom. The third-order valence-corrected chi connectivity index (χ3v) is 55.5. The third kappa shape index (κ3) is 18.9. The summed E-state index contributed by atoms with van der Waals surface area (Å²) in [6.07, 6.45) is 9.18. The molecule has 96 heavy (non-hydrogen) atoms. The summed E-state index contributed by atoms with van der Waals surface area (Å²) >= 11 is 56.0. The van der Waals surface area contributed by atoms with Crippen molar-refractivity contribution in [1.29, 1.82) is 0 Å². The van der Waals surface area contributed by atoms with Gasteiger partial charge in [0.1, 0.15) is 11.5 Å². The SMILES string of the molecule is C1=C(SCCCCCCOc2ccc3cc(CSC4=CSC(=C5SC6=C(SCCS6)S5)S4)ccc3c2-c2c(OCCCCCCSC3=CSC(=C4SC5=C(SCCS5)S4)S3)ccc3cc(CSC4=CSC(=C5SC6=C(SCCS6)S5)S4)ccc23)SC(=C2SC3=C(SCCS3)S2)S1. The van der Waals surface area contributed by atoms with Crippen LogP contribution in [0.1, 0.15) is 62.5 Å². The lowest BCUT2D eigenvalue weighted by Crippen LogP contribution is -2.03. The van der Waals surface area contributed by atoms with Crippen molar-refractivity contribution in [2.75, 3.05) is 70.7 Å². The largest absolute Gasteiger partial charge is 0.493 e. The Morgan fingerprint density at radius 2 is 0.583 bits per heavy atom. The van der Waals surface area contributed by atoms with Gasteiger partial charge in [0.25, 0.3) is 0 Å². The maximum atomic E-state index is 7.11. The van der Waals surface area contributed by atoms with E-state index in [4.69, 9.17) is 9.47 Å². The first-order chi connectivity index (χ1) is 47.5. The summed E-state index contributed by atoms with van der Waals surface area (Å²) in [5, 5.41) is 14.5. The molecule has 0 bridgehead atoms. The number of ether oxygens (including phenoxy) is 2. The predicted molar refractivity (Wildman–Crippen MR) is 492 cm³/mol. The number of unbranched alkanes of at least 4 members (excludes halogenated alkanes) is 6. The van der Waals surface area contributed by atoms with Crippen LogP contribution in [-0.2, 0) is 11.5 Å². The highest BCUT2D eigenvalue weighted by atomic mass is 32.3. The zero-order valence-corrected chi connectivity index (χ0v) is 73.7. The Kier molecular flexibility index (Phi) is 28.4. The monoisotopic (exact) mass is 1780 g/mol. The van der Waals surface area contributed by atoms with Crippen molar-refractivity contribution in [2.45, 2.75) is 62.9 Å². The standard InChI is InChI=1S/C66H58O2S28/c1(3-7-19-69-45-33-81-59(85-45)63-89-51-52(90-63)72-22-21-71-51)5-17-67-43-15-11-39-29-37(31-79-47-35-83-61(87-47)65-93-55-56(94-65)76-26-25-75-55)9-13-41(39)49(43)50-42-14-10-38(32-80-48-36-84-62(88-48)66-95-57-58(96-66)78-28-27-77-57)30-40(42)12-16-44(50)68-18-6-2-4-8-20-70-46-34-82-60(86-46)64-91-53-54(92-64)74-24-23-73-53/h9-16,29-30,33-36H,1-8,17-28,31-32H2. The molecule has 4 aromatic carbocycles. The first-order valence-corrected chi connectivity index (χ1v) is 56.1. The molecule has 30 heteroatoms. The molecule has 0 aliphatic carbocycles. The van der Waals surface area contributed by atoms with E-state index in [0.717, 1.165) is 71.3 Å². The van der Waals surface area contributed by atoms with Crippen molar-refractivity contribution in [3.05, 3.63) is 178 Å². The molecule has 0 aromatic heterocycles. The van der Waals surface area contributed by atoms with Crippen molar-refractivity contribution in [3.8, 4) is 22.6 Å². The number of hydrogen-bond donors (Lipinski definition) is 0. The summed E-state index contributed by atoms with van der Waals surface area (Å²) in [6, 6.07) is 23.6. The lowest BCUT2D eigenvalue weighted by Gasteiger charge is -2.20. The fourth-order valence-corrected chi connectivity index (χ4v) is 50.4. The van der Waals surface area contributed by atoms with E-state index in [2.05, 4.69) is 82.3 Å². The summed E-state index contributed by atoms with van der Waals surface area (Å²) < 4.78 is 43.9. The third-order valence-electron chi connectivity index (χ3n) is 15.0. The van der Waals surface area contributed by atoms with Crippen LogP contribution in [0, 0.1) is 0 Å². The molecule has 0 saturated carbocycles. The molecule has 0 amide bonds. The molecule has 12 aliphatic heterocycles. The molecule has 4 aromatic rings. The van der Waals surface area contributed by atoms with Gasteiger partial charge in [0, 0.05) is 68.7 Å². The Bertz CT molecular complexity index is 3790. The van der Waals surface area contributed by atoms with Crippen LogP contribution in [0.2, 0.25) is 0 Å². The average molecular weight is 1780 g/mol. The van der Waals surface area contributed by atoms with E-state index >= 15 is 0 Å². The van der Waals surface area contributed by atoms with Gasteiger partial charge in [-0.05, 0) is 104 Å². The van der Waals surface area contributed by atoms with E-state index in [1.54, 1.807) is 0 Å². The molecule has 0 spiro atoms. The quantitative estimate of drug-likeness (QED) is 0.0586. The minimum atomic E-state index is 0.679. The lowest BCUT2D eigenvalue weighted by molar-refractivity contribution is 0.302. The fourth-order valence-electron chi connectivity index (χ4n) is 10.6. The number of thioether (sulfide) groups is 28. The molecular weight excluding hydrogens is 1720 g/mol. The summed E-state index contributed by atoms with van der Waals surface area (Å²) in [4.78, 5) is 0. The number of benzene rings is 4. The second-order valence-electron chi connectivity index (χ2n) is 21.6. The van der Waals surface area contributed by atoms with Crippen molar-refractivity contribution < 1.29 is 9.47 Å². The zero-order chi connectivity index (χ0) is 64.0. The molecule has 0 atom stereocenters. The Hall–Kier alpha value is 3.68. The van der Waals surface area contributed by atoms with Crippen molar-refractivity contribution >= 4 is 351 Å². The Labute approximate surface area is 684 Å². The van der Waals surface area contributed by atoms with E-state index in [1.165, 1.54) is 189 Å². The van der Waals surface area contributed by atoms with Crippen molar-refractivity contribution in [1.82, 2.24) is 0 Å². The summed E-state index contributed by atoms with van der Waals surface area (Å²) in [5.41, 5.74) is 4.98. The highest BCUT2D eigenvalue weighted by Gasteiger charge is 2.34. The first kappa shape index (κ1) is 73.8. The van der Waals surface area contributed by atoms with E-state index in [0.29, 0.717) is 13.2 Å². The fraction of sp³-hybridized carbons (Fsp3) is 0.333. The highest BCUT2D eigenvalue weighted by Crippen LogP contribution is 2.69. The van der Waals surface area contributed by atoms with Gasteiger partial charge < -0.3 is 9.47 Å². The van der Waals surface area contributed by atoms with Crippen LogP contribution in [0.4, 0.5) is 0 Å². The van der Waals surface area contributed by atoms with Crippen LogP contribution in [0.3, 0.4) is 0 Å². The van der Waals surface area contributed by atoms with Gasteiger partial charge in [-0.15, -0.1) is 141 Å². The van der Waals surface area contributed by atoms with Gasteiger partial charge >= 0.3 is 0 Å². The van der Waals surface area contributed by atoms with Gasteiger partial charge in [0.2, 0.25) is 0 Å². The summed E-state index contributed by atoms with van der Waals surface area (Å²) in [7, 11) is 0. The molecule has 0 unspecified atom stereocenters. The molecule has 0 saturated heterocycles. The normalized spacial score (nSPS) is 21.3. The summed E-state index contributed by atoms with van der Waals surface area (Å²) in [6.45, 7) is 1.36. The van der Waals surface area contributed by atoms with Gasteiger partial charge in [-0.25, -0.2) is 0 Å². The second-order valence-corrected chi connectivity index (χ2v) is 55.8. The van der Waals surface area contributed by atoms with E-state index < -0.39 is 0 Å². The predicted octanol–water partition coefficient (Wildman–Crippen LogP) is 31.4. The molecular formula is C66H58O2S28. The van der Waals surface area contributed by atoms with Crippen LogP contribution in [0.15, 0.2) is 167 Å². The van der Waals surface area contributed by atoms with Crippen LogP contribution in [-0.4, -0.2) is 70.7 Å². The lowest BCUT2D eigenvalue weighted by atomic mass is 9.91. The van der Waals surface area contributed by atoms with Gasteiger partial charge in [-0.2, -0.15) is 0 Å². The minimum Gasteiger partial charge on any atom is -0.493 e. The molecule has 12 heterocycles. The van der Waals surface area contributed by atoms with Gasteiger partial charge in [-0.3, -0.25) is 0 Å². The Balaban J connectivity index is 0.603. The van der Waals surface area contributed by atoms with Crippen LogP contribution in [0.25, 0.3) is 32.7 Å². The van der Waals surface area contributed by atoms with Gasteiger partial charge in [-0.1, -0.05) is 262 Å².